The summed E-state index contributed by atoms with van der Waals surface area (Å²) >= 11 is 0. The number of hydrogen-bond donors (Lipinski definition) is 0. The standard InChI is InChI=1S/C20H20O2/c1-15(21)20-13-12-19(14-18(20)22-20,16-8-4-2-5-9-16)17-10-6-3-7-11-17/h2-11,18H,12-14H2,1H3/t18-,20+/m0/s1. The van der Waals surface area contributed by atoms with E-state index in [1.807, 2.05) is 0 Å². The van der Waals surface area contributed by atoms with Crippen molar-refractivity contribution in [2.45, 2.75) is 43.3 Å². The average Bonchev–Trinajstić information content (AvgIpc) is 3.31. The molecule has 2 fully saturated rings. The van der Waals surface area contributed by atoms with Crippen molar-refractivity contribution >= 4 is 5.78 Å². The van der Waals surface area contributed by atoms with Gasteiger partial charge in [0.05, 0.1) is 6.10 Å². The number of ketones is 1. The first kappa shape index (κ1) is 13.7. The second-order valence-electron chi connectivity index (χ2n) is 6.57. The van der Waals surface area contributed by atoms with E-state index in [9.17, 15) is 4.79 Å². The fourth-order valence-electron chi connectivity index (χ4n) is 4.16. The number of fused-ring (bicyclic) bond motifs is 1. The molecule has 4 rings (SSSR count). The Morgan fingerprint density at radius 2 is 1.50 bits per heavy atom. The Morgan fingerprint density at radius 3 is 1.95 bits per heavy atom. The molecule has 2 heteroatoms. The number of carbonyl (C=O) groups excluding carboxylic acids is 1. The second-order valence-corrected chi connectivity index (χ2v) is 6.57. The Kier molecular flexibility index (Phi) is 2.98. The molecule has 0 radical (unpaired) electrons. The Bertz CT molecular complexity index is 653. The molecule has 0 spiro atoms. The lowest BCUT2D eigenvalue weighted by Crippen LogP contribution is -2.40. The van der Waals surface area contributed by atoms with Crippen molar-refractivity contribution in [2.24, 2.45) is 0 Å². The van der Waals surface area contributed by atoms with Crippen LogP contribution in [0.25, 0.3) is 0 Å². The summed E-state index contributed by atoms with van der Waals surface area (Å²) in [6.07, 6.45) is 2.73. The van der Waals surface area contributed by atoms with Crippen LogP contribution in [0.3, 0.4) is 0 Å². The monoisotopic (exact) mass is 292 g/mol. The second kappa shape index (κ2) is 4.79. The fourth-order valence-corrected chi connectivity index (χ4v) is 4.16. The third-order valence-corrected chi connectivity index (χ3v) is 5.52. The maximum absolute atomic E-state index is 11.9. The van der Waals surface area contributed by atoms with E-state index in [4.69, 9.17) is 4.74 Å². The molecule has 2 aromatic rings. The van der Waals surface area contributed by atoms with Gasteiger partial charge in [0, 0.05) is 5.41 Å². The van der Waals surface area contributed by atoms with E-state index >= 15 is 0 Å². The molecule has 0 amide bonds. The van der Waals surface area contributed by atoms with E-state index in [2.05, 4.69) is 60.7 Å². The van der Waals surface area contributed by atoms with Crippen LogP contribution in [0.4, 0.5) is 0 Å². The van der Waals surface area contributed by atoms with Gasteiger partial charge in [0.25, 0.3) is 0 Å². The zero-order valence-electron chi connectivity index (χ0n) is 12.8. The van der Waals surface area contributed by atoms with Crippen LogP contribution < -0.4 is 0 Å². The molecule has 0 bridgehead atoms. The minimum Gasteiger partial charge on any atom is -0.358 e. The number of hydrogen-bond acceptors (Lipinski definition) is 2. The van der Waals surface area contributed by atoms with Crippen LogP contribution in [0.15, 0.2) is 60.7 Å². The maximum atomic E-state index is 11.9. The molecule has 0 aromatic heterocycles. The smallest absolute Gasteiger partial charge is 0.164 e. The van der Waals surface area contributed by atoms with Crippen molar-refractivity contribution in [1.82, 2.24) is 0 Å². The molecule has 112 valence electrons. The Labute approximate surface area is 131 Å². The van der Waals surface area contributed by atoms with Gasteiger partial charge >= 0.3 is 0 Å². The van der Waals surface area contributed by atoms with Gasteiger partial charge in [-0.05, 0) is 37.3 Å². The Morgan fingerprint density at radius 1 is 0.955 bits per heavy atom. The topological polar surface area (TPSA) is 29.6 Å². The van der Waals surface area contributed by atoms with Gasteiger partial charge in [-0.15, -0.1) is 0 Å². The molecule has 22 heavy (non-hydrogen) atoms. The van der Waals surface area contributed by atoms with Crippen LogP contribution in [0.5, 0.6) is 0 Å². The lowest BCUT2D eigenvalue weighted by Gasteiger charge is -2.38. The highest BCUT2D eigenvalue weighted by Crippen LogP contribution is 2.57. The summed E-state index contributed by atoms with van der Waals surface area (Å²) in [5.41, 5.74) is 2.14. The van der Waals surface area contributed by atoms with E-state index < -0.39 is 5.60 Å². The molecule has 2 aromatic carbocycles. The normalized spacial score (nSPS) is 28.7. The molecule has 1 saturated heterocycles. The quantitative estimate of drug-likeness (QED) is 0.803. The van der Waals surface area contributed by atoms with Crippen molar-refractivity contribution in [3.8, 4) is 0 Å². The number of epoxide rings is 1. The number of carbonyl (C=O) groups is 1. The molecule has 1 aliphatic carbocycles. The number of Topliss-reactive ketones (excluding diaryl/α,β-unsaturated/α-hetero) is 1. The molecule has 2 nitrogen and oxygen atoms in total. The summed E-state index contributed by atoms with van der Waals surface area (Å²) in [4.78, 5) is 11.9. The summed E-state index contributed by atoms with van der Waals surface area (Å²) in [6, 6.07) is 21.3. The molecule has 1 heterocycles. The molecule has 1 aliphatic heterocycles. The largest absolute Gasteiger partial charge is 0.358 e. The summed E-state index contributed by atoms with van der Waals surface area (Å²) < 4.78 is 5.88. The molecule has 2 aliphatic rings. The predicted octanol–water partition coefficient (Wildman–Crippen LogP) is 3.88. The van der Waals surface area contributed by atoms with Crippen LogP contribution in [-0.2, 0) is 14.9 Å². The summed E-state index contributed by atoms with van der Waals surface area (Å²) in [7, 11) is 0. The number of ether oxygens (including phenoxy) is 1. The maximum Gasteiger partial charge on any atom is 0.164 e. The zero-order chi connectivity index (χ0) is 15.2. The molecule has 0 unspecified atom stereocenters. The lowest BCUT2D eigenvalue weighted by molar-refractivity contribution is -0.122. The van der Waals surface area contributed by atoms with Crippen molar-refractivity contribution in [1.29, 1.82) is 0 Å². The van der Waals surface area contributed by atoms with Gasteiger partial charge in [-0.2, -0.15) is 0 Å². The van der Waals surface area contributed by atoms with Crippen molar-refractivity contribution in [3.05, 3.63) is 71.8 Å². The highest BCUT2D eigenvalue weighted by molar-refractivity contribution is 5.88. The fraction of sp³-hybridized carbons (Fsp3) is 0.350. The van der Waals surface area contributed by atoms with E-state index in [-0.39, 0.29) is 17.3 Å². The first-order valence-electron chi connectivity index (χ1n) is 7.97. The van der Waals surface area contributed by atoms with Crippen LogP contribution in [-0.4, -0.2) is 17.5 Å². The van der Waals surface area contributed by atoms with Crippen molar-refractivity contribution in [2.75, 3.05) is 0 Å². The lowest BCUT2D eigenvalue weighted by atomic mass is 9.62. The Balaban J connectivity index is 1.78. The van der Waals surface area contributed by atoms with Crippen molar-refractivity contribution in [3.63, 3.8) is 0 Å². The minimum atomic E-state index is -0.479. The van der Waals surface area contributed by atoms with E-state index in [1.165, 1.54) is 11.1 Å². The van der Waals surface area contributed by atoms with Gasteiger partial charge in [-0.1, -0.05) is 60.7 Å². The van der Waals surface area contributed by atoms with Gasteiger partial charge in [-0.25, -0.2) is 0 Å². The van der Waals surface area contributed by atoms with E-state index in [0.29, 0.717) is 0 Å². The van der Waals surface area contributed by atoms with Gasteiger partial charge in [0.1, 0.15) is 0 Å². The highest BCUT2D eigenvalue weighted by Gasteiger charge is 2.65. The molecule has 1 saturated carbocycles. The SMILES string of the molecule is CC(=O)[C@]12CCC(c3ccccc3)(c3ccccc3)C[C@@H]1O2. The molecular formula is C20H20O2. The van der Waals surface area contributed by atoms with Gasteiger partial charge in [0.2, 0.25) is 0 Å². The Hall–Kier alpha value is -1.93. The van der Waals surface area contributed by atoms with Crippen molar-refractivity contribution < 1.29 is 9.53 Å². The predicted molar refractivity (Wildman–Crippen MR) is 85.8 cm³/mol. The third kappa shape index (κ3) is 1.87. The van der Waals surface area contributed by atoms with Crippen LogP contribution >= 0.6 is 0 Å². The molecule has 2 atom stereocenters. The average molecular weight is 292 g/mol. The molecular weight excluding hydrogens is 272 g/mol. The first-order chi connectivity index (χ1) is 10.7. The third-order valence-electron chi connectivity index (χ3n) is 5.52. The van der Waals surface area contributed by atoms with Gasteiger partial charge in [0.15, 0.2) is 11.4 Å². The number of benzene rings is 2. The summed E-state index contributed by atoms with van der Waals surface area (Å²) in [5.74, 6) is 0.187. The van der Waals surface area contributed by atoms with Crippen LogP contribution in [0.2, 0.25) is 0 Å². The van der Waals surface area contributed by atoms with E-state index in [1.54, 1.807) is 6.92 Å². The van der Waals surface area contributed by atoms with Gasteiger partial charge < -0.3 is 4.74 Å². The molecule has 0 N–H and O–H groups in total. The minimum absolute atomic E-state index is 0.0391. The van der Waals surface area contributed by atoms with Crippen LogP contribution in [0, 0.1) is 0 Å². The zero-order valence-corrected chi connectivity index (χ0v) is 12.8. The summed E-state index contributed by atoms with van der Waals surface area (Å²) in [6.45, 7) is 1.66. The first-order valence-corrected chi connectivity index (χ1v) is 7.97. The van der Waals surface area contributed by atoms with Crippen LogP contribution in [0.1, 0.15) is 37.3 Å². The summed E-state index contributed by atoms with van der Waals surface area (Å²) in [5, 5.41) is 0. The van der Waals surface area contributed by atoms with E-state index in [0.717, 1.165) is 19.3 Å². The highest BCUT2D eigenvalue weighted by atomic mass is 16.6. The van der Waals surface area contributed by atoms with Gasteiger partial charge in [-0.3, -0.25) is 4.79 Å². The number of rotatable bonds is 3.